The fourth-order valence-corrected chi connectivity index (χ4v) is 2.06. The molecule has 1 aliphatic heterocycles. The van der Waals surface area contributed by atoms with Gasteiger partial charge in [-0.25, -0.2) is 6.08 Å². The van der Waals surface area contributed by atoms with Crippen LogP contribution < -0.4 is 10.1 Å². The number of rotatable bonds is 6. The van der Waals surface area contributed by atoms with E-state index >= 15 is 0 Å². The molecule has 1 atom stereocenters. The summed E-state index contributed by atoms with van der Waals surface area (Å²) in [6.07, 6.45) is 10.3. The van der Waals surface area contributed by atoms with Gasteiger partial charge in [-0.1, -0.05) is 18.9 Å². The van der Waals surface area contributed by atoms with Crippen molar-refractivity contribution in [2.75, 3.05) is 20.3 Å². The van der Waals surface area contributed by atoms with Crippen molar-refractivity contribution in [3.05, 3.63) is 48.2 Å². The Hall–Kier alpha value is -1.08. The molecule has 22 heavy (non-hydrogen) atoms. The summed E-state index contributed by atoms with van der Waals surface area (Å²) in [4.78, 5) is 0. The number of terminal acetylenes is 1. The molecule has 1 aromatic carbocycles. The molecule has 0 amide bonds. The molecule has 1 heterocycles. The molecule has 0 saturated heterocycles. The van der Waals surface area contributed by atoms with Crippen LogP contribution in [0.2, 0.25) is 0 Å². The predicted octanol–water partition coefficient (Wildman–Crippen LogP) is 3.00. The van der Waals surface area contributed by atoms with Gasteiger partial charge >= 0.3 is 0 Å². The van der Waals surface area contributed by atoms with Gasteiger partial charge in [0.15, 0.2) is 0 Å². The van der Waals surface area contributed by atoms with Gasteiger partial charge in [0, 0.05) is 64.5 Å². The average Bonchev–Trinajstić information content (AvgIpc) is 2.52. The van der Waals surface area contributed by atoms with Crippen LogP contribution in [0, 0.1) is 24.3 Å². The van der Waals surface area contributed by atoms with Gasteiger partial charge in [-0.15, -0.1) is 24.3 Å². The number of hydrogen-bond donors (Lipinski definition) is 1. The van der Waals surface area contributed by atoms with E-state index in [1.165, 1.54) is 0 Å². The van der Waals surface area contributed by atoms with E-state index < -0.39 is 0 Å². The molecule has 1 aliphatic rings. The van der Waals surface area contributed by atoms with E-state index in [1.807, 2.05) is 24.3 Å². The Bertz CT molecular complexity index is 557. The molecule has 0 aromatic heterocycles. The minimum Gasteiger partial charge on any atom is -0.494 e. The van der Waals surface area contributed by atoms with Crippen LogP contribution in [0.4, 0.5) is 0 Å². The Kier molecular flexibility index (Phi) is 8.49. The summed E-state index contributed by atoms with van der Waals surface area (Å²) >= 11 is 0. The Morgan fingerprint density at radius 2 is 2.09 bits per heavy atom. The third-order valence-corrected chi connectivity index (χ3v) is 3.29. The van der Waals surface area contributed by atoms with Gasteiger partial charge in [0.1, 0.15) is 5.75 Å². The molecular formula is C18H20NO2Y-. The smallest absolute Gasteiger partial charge is 0.116 e. The maximum atomic E-state index is 5.63. The van der Waals surface area contributed by atoms with Crippen LogP contribution >= 0.6 is 0 Å². The van der Waals surface area contributed by atoms with Crippen molar-refractivity contribution in [3.63, 3.8) is 0 Å². The summed E-state index contributed by atoms with van der Waals surface area (Å²) in [7, 11) is 1.69. The largest absolute Gasteiger partial charge is 0.494 e. The Morgan fingerprint density at radius 1 is 1.36 bits per heavy atom. The van der Waals surface area contributed by atoms with E-state index in [-0.39, 0.29) is 38.6 Å². The summed E-state index contributed by atoms with van der Waals surface area (Å²) in [6.45, 7) is 5.33. The molecule has 1 aromatic rings. The first-order chi connectivity index (χ1) is 10.2. The zero-order chi connectivity index (χ0) is 15.1. The quantitative estimate of drug-likeness (QED) is 0.474. The van der Waals surface area contributed by atoms with Crippen LogP contribution in [0.1, 0.15) is 18.4 Å². The minimum absolute atomic E-state index is 0. The second kappa shape index (κ2) is 9.84. The van der Waals surface area contributed by atoms with E-state index in [2.05, 4.69) is 23.9 Å². The van der Waals surface area contributed by atoms with Gasteiger partial charge in [-0.05, 0) is 12.1 Å². The molecule has 4 heteroatoms. The first-order valence-electron chi connectivity index (χ1n) is 6.99. The molecule has 1 N–H and O–H groups in total. The molecule has 0 spiro atoms. The standard InChI is InChI=1S/C18H20NO2.Y/c1-4-15-8-11-18(19-14(15)2)16-6-9-17(10-7-16)21-13-5-12-20-3;/h1,6-7,9-10,15,19H,2,5,8,12-13H2,3H3;/q-1;. The monoisotopic (exact) mass is 371 g/mol. The van der Waals surface area contributed by atoms with Crippen LogP contribution in [0.25, 0.3) is 5.70 Å². The molecule has 1 radical (unpaired) electrons. The van der Waals surface area contributed by atoms with Crippen molar-refractivity contribution in [1.82, 2.24) is 5.32 Å². The van der Waals surface area contributed by atoms with Gasteiger partial charge in [0.25, 0.3) is 0 Å². The normalized spacial score (nSPS) is 16.8. The number of nitrogens with one attached hydrogen (secondary N) is 1. The number of benzene rings is 1. The van der Waals surface area contributed by atoms with Gasteiger partial charge in [0.2, 0.25) is 0 Å². The zero-order valence-corrected chi connectivity index (χ0v) is 15.7. The molecule has 2 rings (SSSR count). The van der Waals surface area contributed by atoms with E-state index in [4.69, 9.17) is 15.9 Å². The van der Waals surface area contributed by atoms with Crippen LogP contribution in [-0.4, -0.2) is 20.3 Å². The third kappa shape index (κ3) is 5.28. The number of hydrogen-bond acceptors (Lipinski definition) is 3. The first kappa shape index (κ1) is 19.0. The Morgan fingerprint density at radius 3 is 2.68 bits per heavy atom. The second-order valence-electron chi connectivity index (χ2n) is 4.84. The molecule has 3 nitrogen and oxygen atoms in total. The Labute approximate surface area is 158 Å². The van der Waals surface area contributed by atoms with Crippen molar-refractivity contribution < 1.29 is 42.2 Å². The van der Waals surface area contributed by atoms with Crippen molar-refractivity contribution in [2.45, 2.75) is 12.8 Å². The summed E-state index contributed by atoms with van der Waals surface area (Å²) in [5.41, 5.74) is 2.83. The van der Waals surface area contributed by atoms with E-state index in [9.17, 15) is 0 Å². The van der Waals surface area contributed by atoms with E-state index in [1.54, 1.807) is 7.11 Å². The molecule has 113 valence electrons. The summed E-state index contributed by atoms with van der Waals surface area (Å²) < 4.78 is 10.6. The van der Waals surface area contributed by atoms with Crippen LogP contribution in [0.3, 0.4) is 0 Å². The SMILES string of the molecule is C#CC1C[C-]=C(c2ccc(OCCCOC)cc2)NC1=C.[Y]. The number of methoxy groups -OCH3 is 1. The minimum atomic E-state index is 0. The van der Waals surface area contributed by atoms with Gasteiger partial charge < -0.3 is 14.8 Å². The van der Waals surface area contributed by atoms with Crippen LogP contribution in [-0.2, 0) is 37.4 Å². The molecule has 0 aliphatic carbocycles. The molecule has 0 bridgehead atoms. The van der Waals surface area contributed by atoms with Gasteiger partial charge in [0.05, 0.1) is 6.61 Å². The zero-order valence-electron chi connectivity index (χ0n) is 12.9. The van der Waals surface area contributed by atoms with Crippen LogP contribution in [0.15, 0.2) is 36.5 Å². The average molecular weight is 371 g/mol. The van der Waals surface area contributed by atoms with Crippen molar-refractivity contribution in [3.8, 4) is 18.1 Å². The Balaban J connectivity index is 0.00000242. The molecular weight excluding hydrogens is 351 g/mol. The number of ether oxygens (including phenoxy) is 2. The first-order valence-corrected chi connectivity index (χ1v) is 6.99. The van der Waals surface area contributed by atoms with Crippen LogP contribution in [0.5, 0.6) is 5.75 Å². The summed E-state index contributed by atoms with van der Waals surface area (Å²) in [5.74, 6) is 3.58. The molecule has 0 fully saturated rings. The topological polar surface area (TPSA) is 30.5 Å². The van der Waals surface area contributed by atoms with Crippen molar-refractivity contribution in [2.24, 2.45) is 5.92 Å². The summed E-state index contributed by atoms with van der Waals surface area (Å²) in [5, 5.41) is 3.22. The number of allylic oxidation sites excluding steroid dienone is 2. The molecule has 1 unspecified atom stereocenters. The molecule has 0 saturated carbocycles. The predicted molar refractivity (Wildman–Crippen MR) is 84.3 cm³/mol. The maximum Gasteiger partial charge on any atom is 0.116 e. The van der Waals surface area contributed by atoms with Crippen molar-refractivity contribution >= 4 is 5.70 Å². The maximum absolute atomic E-state index is 5.63. The summed E-state index contributed by atoms with van der Waals surface area (Å²) in [6, 6.07) is 7.91. The van der Waals surface area contributed by atoms with Gasteiger partial charge in [-0.2, -0.15) is 5.56 Å². The second-order valence-corrected chi connectivity index (χ2v) is 4.84. The fourth-order valence-electron chi connectivity index (χ4n) is 2.06. The van der Waals surface area contributed by atoms with Crippen molar-refractivity contribution in [1.29, 1.82) is 0 Å². The third-order valence-electron chi connectivity index (χ3n) is 3.29. The van der Waals surface area contributed by atoms with Gasteiger partial charge in [-0.3, -0.25) is 0 Å². The van der Waals surface area contributed by atoms with E-state index in [0.29, 0.717) is 19.6 Å². The fraction of sp³-hybridized carbons (Fsp3) is 0.333. The van der Waals surface area contributed by atoms with E-state index in [0.717, 1.165) is 29.1 Å².